The van der Waals surface area contributed by atoms with Crippen molar-refractivity contribution in [1.29, 1.82) is 0 Å². The van der Waals surface area contributed by atoms with Crippen molar-refractivity contribution in [3.05, 3.63) is 47.6 Å². The van der Waals surface area contributed by atoms with Gasteiger partial charge in [-0.1, -0.05) is 41.9 Å². The molecule has 3 aromatic rings. The van der Waals surface area contributed by atoms with Crippen LogP contribution in [0.4, 0.5) is 5.69 Å². The number of anilines is 1. The number of nitrogens with two attached hydrogens (primary N) is 1. The van der Waals surface area contributed by atoms with Gasteiger partial charge in [0, 0.05) is 11.8 Å². The molecule has 0 unspecified atom stereocenters. The highest BCUT2D eigenvalue weighted by Crippen LogP contribution is 2.18. The number of pyridine rings is 1. The molecule has 0 spiro atoms. The molecule has 2 N–H and O–H groups in total. The first-order chi connectivity index (χ1) is 9.24. The summed E-state index contributed by atoms with van der Waals surface area (Å²) in [7, 11) is 0. The van der Waals surface area contributed by atoms with Gasteiger partial charge in [0.25, 0.3) is 0 Å². The molecule has 6 nitrogen and oxygen atoms in total. The van der Waals surface area contributed by atoms with Crippen molar-refractivity contribution in [2.75, 3.05) is 5.73 Å². The predicted molar refractivity (Wildman–Crippen MR) is 71.8 cm³/mol. The van der Waals surface area contributed by atoms with Crippen LogP contribution in [0.15, 0.2) is 42.6 Å². The molecule has 0 radical (unpaired) electrons. The van der Waals surface area contributed by atoms with Gasteiger partial charge in [0.2, 0.25) is 5.82 Å². The second-order valence-electron chi connectivity index (χ2n) is 3.83. The number of tetrazole rings is 1. The SMILES string of the molecule is Nc1cc(Cl)cnc1-n1nnc(-c2ccccc2)n1. The number of rotatable bonds is 2. The van der Waals surface area contributed by atoms with Crippen molar-refractivity contribution < 1.29 is 0 Å². The average molecular weight is 273 g/mol. The van der Waals surface area contributed by atoms with Gasteiger partial charge in [-0.25, -0.2) is 4.98 Å². The van der Waals surface area contributed by atoms with Crippen LogP contribution in [0.5, 0.6) is 0 Å². The number of benzene rings is 1. The van der Waals surface area contributed by atoms with Crippen LogP contribution in [0.2, 0.25) is 5.02 Å². The summed E-state index contributed by atoms with van der Waals surface area (Å²) >= 11 is 5.80. The van der Waals surface area contributed by atoms with Gasteiger partial charge < -0.3 is 5.73 Å². The Kier molecular flexibility index (Phi) is 2.85. The molecular formula is C12H9ClN6. The third-order valence-electron chi connectivity index (χ3n) is 2.50. The van der Waals surface area contributed by atoms with Crippen LogP contribution in [0.25, 0.3) is 17.2 Å². The lowest BCUT2D eigenvalue weighted by Crippen LogP contribution is -2.05. The summed E-state index contributed by atoms with van der Waals surface area (Å²) < 4.78 is 0. The van der Waals surface area contributed by atoms with Gasteiger partial charge in [0.15, 0.2) is 5.82 Å². The molecule has 0 bridgehead atoms. The van der Waals surface area contributed by atoms with E-state index in [1.807, 2.05) is 30.3 Å². The average Bonchev–Trinajstić information content (AvgIpc) is 2.89. The van der Waals surface area contributed by atoms with Crippen LogP contribution in [0.3, 0.4) is 0 Å². The van der Waals surface area contributed by atoms with Crippen molar-refractivity contribution in [2.45, 2.75) is 0 Å². The smallest absolute Gasteiger partial charge is 0.205 e. The van der Waals surface area contributed by atoms with E-state index in [0.29, 0.717) is 22.4 Å². The molecule has 1 aromatic carbocycles. The lowest BCUT2D eigenvalue weighted by molar-refractivity contribution is 0.703. The maximum atomic E-state index is 5.83. The zero-order valence-electron chi connectivity index (χ0n) is 9.73. The van der Waals surface area contributed by atoms with Crippen LogP contribution in [0.1, 0.15) is 0 Å². The van der Waals surface area contributed by atoms with E-state index in [4.69, 9.17) is 17.3 Å². The Morgan fingerprint density at radius 1 is 1.16 bits per heavy atom. The van der Waals surface area contributed by atoms with Crippen molar-refractivity contribution in [1.82, 2.24) is 25.2 Å². The van der Waals surface area contributed by atoms with E-state index in [1.54, 1.807) is 6.07 Å². The molecule has 0 fully saturated rings. The zero-order chi connectivity index (χ0) is 13.2. The minimum atomic E-state index is 0.393. The molecule has 0 saturated carbocycles. The molecule has 0 amide bonds. The number of hydrogen-bond acceptors (Lipinski definition) is 5. The first kappa shape index (κ1) is 11.6. The van der Waals surface area contributed by atoms with Crippen molar-refractivity contribution in [3.63, 3.8) is 0 Å². The second kappa shape index (κ2) is 4.66. The standard InChI is InChI=1S/C12H9ClN6/c13-9-6-10(14)12(15-7-9)19-17-11(16-18-19)8-4-2-1-3-5-8/h1-7H,14H2. The molecule has 0 aliphatic heterocycles. The lowest BCUT2D eigenvalue weighted by Gasteiger charge is -2.01. The molecule has 0 saturated heterocycles. The van der Waals surface area contributed by atoms with E-state index in [-0.39, 0.29) is 0 Å². The van der Waals surface area contributed by atoms with E-state index in [0.717, 1.165) is 5.56 Å². The van der Waals surface area contributed by atoms with Crippen LogP contribution >= 0.6 is 11.6 Å². The second-order valence-corrected chi connectivity index (χ2v) is 4.27. The molecule has 2 aromatic heterocycles. The normalized spacial score (nSPS) is 10.6. The number of hydrogen-bond donors (Lipinski definition) is 1. The van der Waals surface area contributed by atoms with E-state index >= 15 is 0 Å². The zero-order valence-corrected chi connectivity index (χ0v) is 10.5. The minimum absolute atomic E-state index is 0.393. The Hall–Kier alpha value is -2.47. The Labute approximate surface area is 113 Å². The van der Waals surface area contributed by atoms with Gasteiger partial charge >= 0.3 is 0 Å². The molecule has 19 heavy (non-hydrogen) atoms. The van der Waals surface area contributed by atoms with Crippen molar-refractivity contribution in [3.8, 4) is 17.2 Å². The van der Waals surface area contributed by atoms with Gasteiger partial charge in [0.1, 0.15) is 0 Å². The maximum absolute atomic E-state index is 5.83. The topological polar surface area (TPSA) is 82.5 Å². The Morgan fingerprint density at radius 3 is 2.68 bits per heavy atom. The monoisotopic (exact) mass is 272 g/mol. The fraction of sp³-hybridized carbons (Fsp3) is 0. The summed E-state index contributed by atoms with van der Waals surface area (Å²) in [6.45, 7) is 0. The Morgan fingerprint density at radius 2 is 1.95 bits per heavy atom. The van der Waals surface area contributed by atoms with E-state index in [2.05, 4.69) is 20.4 Å². The minimum Gasteiger partial charge on any atom is -0.396 e. The summed E-state index contributed by atoms with van der Waals surface area (Å²) in [6.07, 6.45) is 1.48. The maximum Gasteiger partial charge on any atom is 0.205 e. The van der Waals surface area contributed by atoms with E-state index in [1.165, 1.54) is 11.0 Å². The number of aromatic nitrogens is 5. The highest BCUT2D eigenvalue weighted by molar-refractivity contribution is 6.30. The van der Waals surface area contributed by atoms with Crippen molar-refractivity contribution in [2.24, 2.45) is 0 Å². The van der Waals surface area contributed by atoms with Gasteiger partial charge in [-0.15, -0.1) is 15.0 Å². The Bertz CT molecular complexity index is 709. The third kappa shape index (κ3) is 2.25. The third-order valence-corrected chi connectivity index (χ3v) is 2.70. The predicted octanol–water partition coefficient (Wildman–Crippen LogP) is 1.96. The van der Waals surface area contributed by atoms with Gasteiger partial charge in [-0.3, -0.25) is 0 Å². The summed E-state index contributed by atoms with van der Waals surface area (Å²) in [5, 5.41) is 12.6. The van der Waals surface area contributed by atoms with Crippen molar-refractivity contribution >= 4 is 17.3 Å². The quantitative estimate of drug-likeness (QED) is 0.771. The molecule has 2 heterocycles. The molecule has 0 atom stereocenters. The summed E-state index contributed by atoms with van der Waals surface area (Å²) in [5.74, 6) is 0.913. The molecule has 94 valence electrons. The first-order valence-corrected chi connectivity index (χ1v) is 5.88. The lowest BCUT2D eigenvalue weighted by atomic mass is 10.2. The van der Waals surface area contributed by atoms with Crippen LogP contribution in [0, 0.1) is 0 Å². The van der Waals surface area contributed by atoms with Crippen LogP contribution in [-0.4, -0.2) is 25.2 Å². The van der Waals surface area contributed by atoms with Gasteiger partial charge in [-0.2, -0.15) is 0 Å². The highest BCUT2D eigenvalue weighted by Gasteiger charge is 2.10. The highest BCUT2D eigenvalue weighted by atomic mass is 35.5. The van der Waals surface area contributed by atoms with E-state index < -0.39 is 0 Å². The summed E-state index contributed by atoms with van der Waals surface area (Å²) in [5.41, 5.74) is 7.10. The van der Waals surface area contributed by atoms with Crippen LogP contribution < -0.4 is 5.73 Å². The molecule has 7 heteroatoms. The summed E-state index contributed by atoms with van der Waals surface area (Å²) in [4.78, 5) is 5.38. The molecule has 0 aliphatic rings. The largest absolute Gasteiger partial charge is 0.396 e. The molecule has 0 aliphatic carbocycles. The fourth-order valence-electron chi connectivity index (χ4n) is 1.62. The number of nitrogen functional groups attached to an aromatic ring is 1. The molecule has 3 rings (SSSR count). The van der Waals surface area contributed by atoms with E-state index in [9.17, 15) is 0 Å². The summed E-state index contributed by atoms with van der Waals surface area (Å²) in [6, 6.07) is 11.1. The number of nitrogens with zero attached hydrogens (tertiary/aromatic N) is 5. The Balaban J connectivity index is 2.02. The van der Waals surface area contributed by atoms with Crippen LogP contribution in [-0.2, 0) is 0 Å². The fourth-order valence-corrected chi connectivity index (χ4v) is 1.79. The first-order valence-electron chi connectivity index (χ1n) is 5.51. The van der Waals surface area contributed by atoms with Gasteiger partial charge in [-0.05, 0) is 11.3 Å². The number of halogens is 1. The molecular weight excluding hydrogens is 264 g/mol. The van der Waals surface area contributed by atoms with Gasteiger partial charge in [0.05, 0.1) is 10.7 Å².